The van der Waals surface area contributed by atoms with Crippen molar-refractivity contribution in [2.24, 2.45) is 5.92 Å². The molecule has 3 atom stereocenters. The van der Waals surface area contributed by atoms with Crippen molar-refractivity contribution in [3.63, 3.8) is 0 Å². The monoisotopic (exact) mass is 298 g/mol. The van der Waals surface area contributed by atoms with Crippen LogP contribution >= 0.6 is 0 Å². The molecule has 126 valence electrons. The second kappa shape index (κ2) is 9.81. The van der Waals surface area contributed by atoms with Crippen LogP contribution in [0.25, 0.3) is 0 Å². The molecule has 1 rings (SSSR count). The summed E-state index contributed by atoms with van der Waals surface area (Å²) in [5.41, 5.74) is -0.0588. The molecule has 1 saturated carbocycles. The van der Waals surface area contributed by atoms with E-state index >= 15 is 0 Å². The molecule has 0 bridgehead atoms. The summed E-state index contributed by atoms with van der Waals surface area (Å²) in [6.07, 6.45) is 9.92. The highest BCUT2D eigenvalue weighted by molar-refractivity contribution is 4.86. The molecule has 3 unspecified atom stereocenters. The van der Waals surface area contributed by atoms with E-state index in [1.807, 2.05) is 0 Å². The molecular weight excluding hydrogens is 260 g/mol. The van der Waals surface area contributed by atoms with Crippen molar-refractivity contribution in [1.29, 1.82) is 0 Å². The number of nitrogens with zero attached hydrogens (tertiary/aromatic N) is 1. The van der Waals surface area contributed by atoms with E-state index in [0.717, 1.165) is 44.3 Å². The summed E-state index contributed by atoms with van der Waals surface area (Å²) < 4.78 is 0. The average Bonchev–Trinajstić information content (AvgIpc) is 2.51. The van der Waals surface area contributed by atoms with Crippen molar-refractivity contribution in [1.82, 2.24) is 10.2 Å². The maximum atomic E-state index is 9.78. The van der Waals surface area contributed by atoms with E-state index in [0.29, 0.717) is 0 Å². The molecule has 0 aromatic rings. The molecule has 1 aliphatic rings. The first-order valence-electron chi connectivity index (χ1n) is 9.13. The van der Waals surface area contributed by atoms with Gasteiger partial charge >= 0.3 is 0 Å². The zero-order chi connectivity index (χ0) is 15.7. The van der Waals surface area contributed by atoms with Gasteiger partial charge in [0, 0.05) is 11.6 Å². The lowest BCUT2D eigenvalue weighted by Crippen LogP contribution is -2.49. The van der Waals surface area contributed by atoms with Gasteiger partial charge in [-0.25, -0.2) is 0 Å². The third kappa shape index (κ3) is 6.25. The summed E-state index contributed by atoms with van der Waals surface area (Å²) in [4.78, 5) is 2.56. The molecule has 0 heterocycles. The predicted octanol–water partition coefficient (Wildman–Crippen LogP) is 3.42. The zero-order valence-electron chi connectivity index (χ0n) is 14.8. The molecule has 0 aromatic carbocycles. The summed E-state index contributed by atoms with van der Waals surface area (Å²) in [6.45, 7) is 9.18. The maximum Gasteiger partial charge on any atom is 0.0613 e. The average molecular weight is 299 g/mol. The highest BCUT2D eigenvalue weighted by Gasteiger charge is 2.27. The van der Waals surface area contributed by atoms with E-state index in [1.165, 1.54) is 32.1 Å². The summed E-state index contributed by atoms with van der Waals surface area (Å²) in [5, 5.41) is 13.3. The first kappa shape index (κ1) is 18.9. The predicted molar refractivity (Wildman–Crippen MR) is 91.7 cm³/mol. The standard InChI is InChI=1S/C18H38N2O/c1-5-12-19-18(6-2,15-21)11-8-13-20(4)17-10-7-9-16(3)14-17/h16-17,19,21H,5-15H2,1-4H3. The molecule has 3 heteroatoms. The van der Waals surface area contributed by atoms with Gasteiger partial charge in [0.05, 0.1) is 6.61 Å². The highest BCUT2D eigenvalue weighted by atomic mass is 16.3. The van der Waals surface area contributed by atoms with E-state index in [1.54, 1.807) is 0 Å². The van der Waals surface area contributed by atoms with Crippen molar-refractivity contribution in [2.45, 2.75) is 83.7 Å². The summed E-state index contributed by atoms with van der Waals surface area (Å²) in [7, 11) is 2.29. The van der Waals surface area contributed by atoms with Crippen LogP contribution in [0.1, 0.15) is 72.1 Å². The summed E-state index contributed by atoms with van der Waals surface area (Å²) >= 11 is 0. The minimum Gasteiger partial charge on any atom is -0.394 e. The Morgan fingerprint density at radius 2 is 2.05 bits per heavy atom. The maximum absolute atomic E-state index is 9.78. The Labute approximate surface area is 132 Å². The summed E-state index contributed by atoms with van der Waals surface area (Å²) in [5.74, 6) is 0.893. The van der Waals surface area contributed by atoms with Crippen molar-refractivity contribution in [2.75, 3.05) is 26.7 Å². The fourth-order valence-electron chi connectivity index (χ4n) is 3.68. The number of hydrogen-bond donors (Lipinski definition) is 2. The third-order valence-electron chi connectivity index (χ3n) is 5.43. The van der Waals surface area contributed by atoms with Gasteiger partial charge in [-0.3, -0.25) is 0 Å². The molecule has 0 amide bonds. The van der Waals surface area contributed by atoms with Crippen molar-refractivity contribution in [3.05, 3.63) is 0 Å². The molecule has 0 aliphatic heterocycles. The first-order chi connectivity index (χ1) is 10.1. The van der Waals surface area contributed by atoms with Gasteiger partial charge in [0.2, 0.25) is 0 Å². The fourth-order valence-corrected chi connectivity index (χ4v) is 3.68. The van der Waals surface area contributed by atoms with Gasteiger partial charge in [-0.1, -0.05) is 33.6 Å². The van der Waals surface area contributed by atoms with Crippen molar-refractivity contribution >= 4 is 0 Å². The quantitative estimate of drug-likeness (QED) is 0.649. The number of hydrogen-bond acceptors (Lipinski definition) is 3. The first-order valence-corrected chi connectivity index (χ1v) is 9.13. The van der Waals surface area contributed by atoms with Crippen molar-refractivity contribution < 1.29 is 5.11 Å². The largest absolute Gasteiger partial charge is 0.394 e. The normalized spacial score (nSPS) is 26.0. The minimum absolute atomic E-state index is 0.0588. The number of aliphatic hydroxyl groups is 1. The molecule has 1 aliphatic carbocycles. The lowest BCUT2D eigenvalue weighted by Gasteiger charge is -2.36. The molecule has 0 spiro atoms. The Morgan fingerprint density at radius 3 is 2.62 bits per heavy atom. The van der Waals surface area contributed by atoms with Gasteiger partial charge in [-0.2, -0.15) is 0 Å². The Kier molecular flexibility index (Phi) is 8.84. The second-order valence-electron chi connectivity index (χ2n) is 7.23. The van der Waals surface area contributed by atoms with Crippen LogP contribution in [0.2, 0.25) is 0 Å². The number of aliphatic hydroxyl groups excluding tert-OH is 1. The number of rotatable bonds is 10. The van der Waals surface area contributed by atoms with Crippen LogP contribution in [0.3, 0.4) is 0 Å². The van der Waals surface area contributed by atoms with Crippen LogP contribution in [0.15, 0.2) is 0 Å². The molecule has 2 N–H and O–H groups in total. The van der Waals surface area contributed by atoms with E-state index < -0.39 is 0 Å². The van der Waals surface area contributed by atoms with Crippen LogP contribution in [0.4, 0.5) is 0 Å². The molecule has 1 fully saturated rings. The van der Waals surface area contributed by atoms with Gasteiger partial charge in [0.25, 0.3) is 0 Å². The molecular formula is C18H38N2O. The Morgan fingerprint density at radius 1 is 1.29 bits per heavy atom. The van der Waals surface area contributed by atoms with Crippen LogP contribution in [0, 0.1) is 5.92 Å². The topological polar surface area (TPSA) is 35.5 Å². The minimum atomic E-state index is -0.0588. The lowest BCUT2D eigenvalue weighted by atomic mass is 9.86. The number of nitrogens with one attached hydrogen (secondary N) is 1. The second-order valence-corrected chi connectivity index (χ2v) is 7.23. The van der Waals surface area contributed by atoms with E-state index in [-0.39, 0.29) is 12.1 Å². The van der Waals surface area contributed by atoms with Gasteiger partial charge in [-0.15, -0.1) is 0 Å². The van der Waals surface area contributed by atoms with E-state index in [9.17, 15) is 5.11 Å². The molecule has 0 radical (unpaired) electrons. The van der Waals surface area contributed by atoms with Crippen molar-refractivity contribution in [3.8, 4) is 0 Å². The molecule has 0 saturated heterocycles. The van der Waals surface area contributed by atoms with Gasteiger partial charge in [0.1, 0.15) is 0 Å². The Hall–Kier alpha value is -0.120. The van der Waals surface area contributed by atoms with Crippen LogP contribution < -0.4 is 5.32 Å². The molecule has 0 aromatic heterocycles. The van der Waals surface area contributed by atoms with Gasteiger partial charge in [-0.05, 0) is 64.6 Å². The highest BCUT2D eigenvalue weighted by Crippen LogP contribution is 2.27. The fraction of sp³-hybridized carbons (Fsp3) is 1.00. The lowest BCUT2D eigenvalue weighted by molar-refractivity contribution is 0.127. The van der Waals surface area contributed by atoms with Gasteiger partial charge in [0.15, 0.2) is 0 Å². The van der Waals surface area contributed by atoms with E-state index in [2.05, 4.69) is 38.0 Å². The Bertz CT molecular complexity index is 266. The Balaban J connectivity index is 2.35. The van der Waals surface area contributed by atoms with Gasteiger partial charge < -0.3 is 15.3 Å². The molecule has 21 heavy (non-hydrogen) atoms. The van der Waals surface area contributed by atoms with Crippen LogP contribution in [0.5, 0.6) is 0 Å². The zero-order valence-corrected chi connectivity index (χ0v) is 14.8. The third-order valence-corrected chi connectivity index (χ3v) is 5.43. The van der Waals surface area contributed by atoms with Crippen LogP contribution in [-0.4, -0.2) is 48.3 Å². The summed E-state index contributed by atoms with van der Waals surface area (Å²) in [6, 6.07) is 0.780. The van der Waals surface area contributed by atoms with Crippen LogP contribution in [-0.2, 0) is 0 Å². The SMILES string of the molecule is CCCNC(CC)(CO)CCCN(C)C1CCCC(C)C1. The smallest absolute Gasteiger partial charge is 0.0613 e. The molecule has 3 nitrogen and oxygen atoms in total. The van der Waals surface area contributed by atoms with E-state index in [4.69, 9.17) is 0 Å².